The number of carbonyl (C=O) groups is 1. The van der Waals surface area contributed by atoms with Crippen LogP contribution in [0.5, 0.6) is 5.75 Å². The van der Waals surface area contributed by atoms with E-state index >= 15 is 0 Å². The molecule has 0 aliphatic heterocycles. The van der Waals surface area contributed by atoms with Gasteiger partial charge in [-0.2, -0.15) is 0 Å². The Balaban J connectivity index is 2.16. The number of aromatic nitrogens is 2. The zero-order valence-corrected chi connectivity index (χ0v) is 10.9. The first-order valence-electron chi connectivity index (χ1n) is 5.34. The molecule has 6 heteroatoms. The van der Waals surface area contributed by atoms with Crippen LogP contribution in [0, 0.1) is 11.7 Å². The van der Waals surface area contributed by atoms with Crippen LogP contribution in [0.25, 0.3) is 0 Å². The smallest absolute Gasteiger partial charge is 0.332 e. The molecule has 0 unspecified atom stereocenters. The summed E-state index contributed by atoms with van der Waals surface area (Å²) in [5.74, 6) is 0.738. The van der Waals surface area contributed by atoms with Gasteiger partial charge in [-0.25, -0.2) is 9.36 Å². The van der Waals surface area contributed by atoms with Gasteiger partial charge in [-0.05, 0) is 43.4 Å². The monoisotopic (exact) mass is 263 g/mol. The topological polar surface area (TPSA) is 59.0 Å². The van der Waals surface area contributed by atoms with Crippen LogP contribution in [-0.2, 0) is 0 Å². The first-order valence-corrected chi connectivity index (χ1v) is 5.74. The van der Waals surface area contributed by atoms with Gasteiger partial charge in [0.05, 0.1) is 7.11 Å². The second kappa shape index (κ2) is 5.05. The number of benzene rings is 1. The molecule has 2 aromatic rings. The number of anilines is 1. The molecule has 2 rings (SSSR count). The largest absolute Gasteiger partial charge is 0.497 e. The summed E-state index contributed by atoms with van der Waals surface area (Å²) in [4.78, 5) is 14.8. The van der Waals surface area contributed by atoms with E-state index in [0.717, 1.165) is 11.4 Å². The first-order chi connectivity index (χ1) is 8.60. The number of nitrogens with one attached hydrogen (secondary N) is 2. The minimum atomic E-state index is -0.297. The zero-order valence-electron chi connectivity index (χ0n) is 10.1. The van der Waals surface area contributed by atoms with Crippen LogP contribution < -0.4 is 10.1 Å². The van der Waals surface area contributed by atoms with Gasteiger partial charge in [0.2, 0.25) is 0 Å². The van der Waals surface area contributed by atoms with Gasteiger partial charge in [-0.15, -0.1) is 0 Å². The lowest BCUT2D eigenvalue weighted by atomic mass is 10.3. The Labute approximate surface area is 109 Å². The predicted octanol–water partition coefficient (Wildman–Crippen LogP) is 2.94. The molecule has 0 saturated carbocycles. The second-order valence-electron chi connectivity index (χ2n) is 3.77. The lowest BCUT2D eigenvalue weighted by molar-refractivity contribution is 0.253. The number of methoxy groups -OCH3 is 1. The van der Waals surface area contributed by atoms with Crippen LogP contribution in [-0.4, -0.2) is 22.7 Å². The zero-order chi connectivity index (χ0) is 13.1. The van der Waals surface area contributed by atoms with Crippen molar-refractivity contribution < 1.29 is 9.53 Å². The van der Waals surface area contributed by atoms with Gasteiger partial charge < -0.3 is 15.0 Å². The molecule has 0 fully saturated rings. The molecule has 1 aromatic heterocycles. The molecular weight excluding hydrogens is 250 g/mol. The fourth-order valence-corrected chi connectivity index (χ4v) is 1.82. The molecule has 1 heterocycles. The third kappa shape index (κ3) is 2.60. The van der Waals surface area contributed by atoms with Crippen LogP contribution >= 0.6 is 12.2 Å². The fourth-order valence-electron chi connectivity index (χ4n) is 1.52. The van der Waals surface area contributed by atoms with Crippen molar-refractivity contribution in [3.05, 3.63) is 40.9 Å². The fraction of sp³-hybridized carbons (Fsp3) is 0.167. The maximum absolute atomic E-state index is 11.9. The lowest BCUT2D eigenvalue weighted by Crippen LogP contribution is -2.18. The van der Waals surface area contributed by atoms with Crippen molar-refractivity contribution in [3.8, 4) is 5.75 Å². The van der Waals surface area contributed by atoms with Crippen LogP contribution in [0.4, 0.5) is 10.5 Å². The van der Waals surface area contributed by atoms with E-state index in [-0.39, 0.29) is 6.03 Å². The molecule has 0 spiro atoms. The average molecular weight is 263 g/mol. The van der Waals surface area contributed by atoms with E-state index in [2.05, 4.69) is 10.3 Å². The van der Waals surface area contributed by atoms with Gasteiger partial charge in [-0.3, -0.25) is 0 Å². The Morgan fingerprint density at radius 3 is 2.56 bits per heavy atom. The molecule has 0 radical (unpaired) electrons. The quantitative estimate of drug-likeness (QED) is 0.819. The van der Waals surface area contributed by atoms with E-state index in [4.69, 9.17) is 17.0 Å². The van der Waals surface area contributed by atoms with E-state index in [1.54, 1.807) is 37.6 Å². The third-order valence-corrected chi connectivity index (χ3v) is 2.70. The highest BCUT2D eigenvalue weighted by Gasteiger charge is 2.07. The molecule has 0 aliphatic rings. The van der Waals surface area contributed by atoms with Gasteiger partial charge in [0.25, 0.3) is 0 Å². The van der Waals surface area contributed by atoms with Gasteiger partial charge in [0.1, 0.15) is 5.75 Å². The molecule has 0 atom stereocenters. The minimum Gasteiger partial charge on any atom is -0.497 e. The van der Waals surface area contributed by atoms with Crippen molar-refractivity contribution in [2.75, 3.05) is 12.4 Å². The number of nitrogens with zero attached hydrogens (tertiary/aromatic N) is 1. The van der Waals surface area contributed by atoms with Crippen LogP contribution in [0.2, 0.25) is 0 Å². The number of imidazole rings is 1. The number of hydrogen-bond donors (Lipinski definition) is 2. The summed E-state index contributed by atoms with van der Waals surface area (Å²) in [5.41, 5.74) is 1.52. The molecule has 5 nitrogen and oxygen atoms in total. The number of aryl methyl sites for hydroxylation is 1. The highest BCUT2D eigenvalue weighted by Crippen LogP contribution is 2.15. The summed E-state index contributed by atoms with van der Waals surface area (Å²) in [6, 6.07) is 6.78. The number of ether oxygens (including phenoxy) is 1. The summed E-state index contributed by atoms with van der Waals surface area (Å²) in [5, 5.41) is 2.75. The summed E-state index contributed by atoms with van der Waals surface area (Å²) in [7, 11) is 1.59. The van der Waals surface area contributed by atoms with Crippen molar-refractivity contribution in [1.29, 1.82) is 0 Å². The maximum atomic E-state index is 11.9. The van der Waals surface area contributed by atoms with Crippen molar-refractivity contribution in [1.82, 2.24) is 9.55 Å². The van der Waals surface area contributed by atoms with Crippen LogP contribution in [0.15, 0.2) is 30.5 Å². The van der Waals surface area contributed by atoms with Gasteiger partial charge >= 0.3 is 6.03 Å². The van der Waals surface area contributed by atoms with E-state index in [0.29, 0.717) is 10.5 Å². The molecule has 2 N–H and O–H groups in total. The Morgan fingerprint density at radius 2 is 2.06 bits per heavy atom. The van der Waals surface area contributed by atoms with Crippen molar-refractivity contribution in [2.45, 2.75) is 6.92 Å². The molecule has 0 aliphatic carbocycles. The minimum absolute atomic E-state index is 0.297. The molecule has 0 bridgehead atoms. The Hall–Kier alpha value is -2.08. The van der Waals surface area contributed by atoms with Crippen LogP contribution in [0.1, 0.15) is 5.69 Å². The van der Waals surface area contributed by atoms with Crippen molar-refractivity contribution >= 4 is 23.9 Å². The van der Waals surface area contributed by atoms with Gasteiger partial charge in [-0.1, -0.05) is 0 Å². The average Bonchev–Trinajstić information content (AvgIpc) is 2.69. The number of aromatic amines is 1. The third-order valence-electron chi connectivity index (χ3n) is 2.41. The molecule has 1 amide bonds. The predicted molar refractivity (Wildman–Crippen MR) is 71.8 cm³/mol. The van der Waals surface area contributed by atoms with E-state index in [9.17, 15) is 4.79 Å². The van der Waals surface area contributed by atoms with E-state index in [1.807, 2.05) is 6.92 Å². The summed E-state index contributed by atoms with van der Waals surface area (Å²) in [6.45, 7) is 1.84. The summed E-state index contributed by atoms with van der Waals surface area (Å²) < 4.78 is 6.77. The van der Waals surface area contributed by atoms with Gasteiger partial charge in [0.15, 0.2) is 4.77 Å². The summed E-state index contributed by atoms with van der Waals surface area (Å²) >= 11 is 5.03. The Kier molecular flexibility index (Phi) is 3.47. The van der Waals surface area contributed by atoms with E-state index < -0.39 is 0 Å². The van der Waals surface area contributed by atoms with Crippen molar-refractivity contribution in [3.63, 3.8) is 0 Å². The summed E-state index contributed by atoms with van der Waals surface area (Å²) in [6.07, 6.45) is 1.65. The molecule has 1 aromatic carbocycles. The number of hydrogen-bond acceptors (Lipinski definition) is 3. The molecular formula is C12H13N3O2S. The van der Waals surface area contributed by atoms with Crippen molar-refractivity contribution in [2.24, 2.45) is 0 Å². The number of rotatable bonds is 2. The molecule has 18 heavy (non-hydrogen) atoms. The van der Waals surface area contributed by atoms with Crippen LogP contribution in [0.3, 0.4) is 0 Å². The maximum Gasteiger partial charge on any atom is 0.332 e. The number of carbonyl (C=O) groups excluding carboxylic acids is 1. The second-order valence-corrected chi connectivity index (χ2v) is 4.16. The highest BCUT2D eigenvalue weighted by atomic mass is 32.1. The lowest BCUT2D eigenvalue weighted by Gasteiger charge is -2.06. The highest BCUT2D eigenvalue weighted by molar-refractivity contribution is 7.71. The SMILES string of the molecule is COc1ccc(NC(=O)n2cc(C)[nH]c2=S)cc1. The standard InChI is InChI=1S/C12H13N3O2S/c1-8-7-15(12(18)13-8)11(16)14-9-3-5-10(17-2)6-4-9/h3-7H,1-2H3,(H,13,18)(H,14,16). The number of H-pyrrole nitrogens is 1. The van der Waals surface area contributed by atoms with E-state index in [1.165, 1.54) is 4.57 Å². The Morgan fingerprint density at radius 1 is 1.39 bits per heavy atom. The van der Waals surface area contributed by atoms with Gasteiger partial charge in [0, 0.05) is 17.6 Å². The first kappa shape index (κ1) is 12.4. The number of amides is 1. The Bertz CT molecular complexity index is 613. The molecule has 94 valence electrons. The molecule has 0 saturated heterocycles. The normalized spacial score (nSPS) is 10.1.